The Morgan fingerprint density at radius 1 is 1.07 bits per heavy atom. The zero-order valence-corrected chi connectivity index (χ0v) is 17.3. The highest BCUT2D eigenvalue weighted by atomic mass is 16.6. The van der Waals surface area contributed by atoms with Gasteiger partial charge in [-0.1, -0.05) is 38.8 Å². The second-order valence-corrected chi connectivity index (χ2v) is 9.49. The monoisotopic (exact) mass is 409 g/mol. The van der Waals surface area contributed by atoms with Gasteiger partial charge < -0.3 is 5.32 Å². The summed E-state index contributed by atoms with van der Waals surface area (Å²) in [5.41, 5.74) is 0.675. The van der Waals surface area contributed by atoms with Crippen LogP contribution in [0, 0.1) is 45.6 Å². The molecule has 1 aliphatic heterocycles. The second kappa shape index (κ2) is 6.93. The zero-order valence-electron chi connectivity index (χ0n) is 17.3. The predicted octanol–water partition coefficient (Wildman–Crippen LogP) is 4.14. The Morgan fingerprint density at radius 3 is 2.37 bits per heavy atom. The van der Waals surface area contributed by atoms with Crippen LogP contribution in [0.4, 0.5) is 17.1 Å². The first-order valence-corrected chi connectivity index (χ1v) is 11.0. The lowest BCUT2D eigenvalue weighted by Crippen LogP contribution is -2.35. The molecule has 0 aromatic heterocycles. The van der Waals surface area contributed by atoms with Crippen molar-refractivity contribution in [3.05, 3.63) is 40.5 Å². The second-order valence-electron chi connectivity index (χ2n) is 9.49. The Bertz CT molecular complexity index is 928. The van der Waals surface area contributed by atoms with Crippen molar-refractivity contribution < 1.29 is 14.5 Å². The summed E-state index contributed by atoms with van der Waals surface area (Å²) < 4.78 is 0. The molecule has 1 aromatic carbocycles. The van der Waals surface area contributed by atoms with Crippen LogP contribution in [-0.2, 0) is 9.59 Å². The number of nitrogens with zero attached hydrogens (tertiary/aromatic N) is 2. The minimum atomic E-state index is -0.431. The molecule has 1 aromatic rings. The van der Waals surface area contributed by atoms with E-state index in [0.29, 0.717) is 23.2 Å². The van der Waals surface area contributed by atoms with Gasteiger partial charge in [-0.25, -0.2) is 4.90 Å². The van der Waals surface area contributed by atoms with Crippen LogP contribution in [0.25, 0.3) is 0 Å². The Hall–Kier alpha value is -2.70. The molecular weight excluding hydrogens is 382 g/mol. The van der Waals surface area contributed by atoms with Crippen molar-refractivity contribution in [1.82, 2.24) is 0 Å². The van der Waals surface area contributed by atoms with E-state index in [2.05, 4.69) is 19.2 Å². The molecule has 1 saturated heterocycles. The van der Waals surface area contributed by atoms with Crippen molar-refractivity contribution in [2.24, 2.45) is 35.5 Å². The van der Waals surface area contributed by atoms with E-state index in [1.54, 1.807) is 12.1 Å². The van der Waals surface area contributed by atoms with Crippen molar-refractivity contribution in [1.29, 1.82) is 0 Å². The average Bonchev–Trinajstić information content (AvgIpc) is 3.40. The maximum Gasteiger partial charge on any atom is 0.294 e. The number of hydrogen-bond acceptors (Lipinski definition) is 5. The fourth-order valence-corrected chi connectivity index (χ4v) is 6.07. The number of amides is 2. The Kier molecular flexibility index (Phi) is 4.45. The third-order valence-electron chi connectivity index (χ3n) is 7.95. The summed E-state index contributed by atoms with van der Waals surface area (Å²) in [6.45, 7) is 4.41. The molecule has 2 bridgehead atoms. The van der Waals surface area contributed by atoms with Crippen molar-refractivity contribution in [2.45, 2.75) is 45.6 Å². The number of imide groups is 1. The number of carbonyl (C=O) groups excluding carboxylic acids is 2. The maximum absolute atomic E-state index is 13.0. The molecule has 0 unspecified atom stereocenters. The summed E-state index contributed by atoms with van der Waals surface area (Å²) in [5, 5.41) is 15.2. The molecule has 158 valence electrons. The topological polar surface area (TPSA) is 92.6 Å². The number of nitro groups is 1. The normalized spacial score (nSPS) is 37.0. The SMILES string of the molecule is C[C@H]1[C@H](C)CCC[C@@H]1Nc1ccc(N2C(=O)[C@H]3[C@H](C2=O)[C@H]2C=C[C@H]3C2)cc1[N+](=O)[O-]. The molecule has 1 N–H and O–H groups in total. The lowest BCUT2D eigenvalue weighted by molar-refractivity contribution is -0.383. The van der Waals surface area contributed by atoms with Crippen LogP contribution in [0.15, 0.2) is 30.4 Å². The molecule has 0 spiro atoms. The minimum absolute atomic E-state index is 0.0864. The number of fused-ring (bicyclic) bond motifs is 5. The van der Waals surface area contributed by atoms with Gasteiger partial charge in [0, 0.05) is 12.1 Å². The van der Waals surface area contributed by atoms with Crippen molar-refractivity contribution >= 4 is 28.9 Å². The van der Waals surface area contributed by atoms with Gasteiger partial charge in [0.15, 0.2) is 0 Å². The molecule has 5 rings (SSSR count). The van der Waals surface area contributed by atoms with E-state index in [1.807, 2.05) is 12.2 Å². The third-order valence-corrected chi connectivity index (χ3v) is 7.95. The number of allylic oxidation sites excluding steroid dienone is 2. The van der Waals surface area contributed by atoms with E-state index in [0.717, 1.165) is 19.3 Å². The van der Waals surface area contributed by atoms with Gasteiger partial charge in [-0.15, -0.1) is 0 Å². The first-order valence-electron chi connectivity index (χ1n) is 11.0. The summed E-state index contributed by atoms with van der Waals surface area (Å²) in [4.78, 5) is 38.6. The first-order chi connectivity index (χ1) is 14.4. The smallest absolute Gasteiger partial charge is 0.294 e. The molecule has 7 heteroatoms. The molecule has 1 heterocycles. The van der Waals surface area contributed by atoms with Gasteiger partial charge in [0.1, 0.15) is 5.69 Å². The van der Waals surface area contributed by atoms with Gasteiger partial charge in [0.05, 0.1) is 22.4 Å². The molecule has 7 atom stereocenters. The number of benzene rings is 1. The van der Waals surface area contributed by atoms with Crippen molar-refractivity contribution in [3.63, 3.8) is 0 Å². The molecule has 3 aliphatic carbocycles. The molecule has 0 radical (unpaired) electrons. The summed E-state index contributed by atoms with van der Waals surface area (Å²) in [5.74, 6) is 0.167. The fraction of sp³-hybridized carbons (Fsp3) is 0.565. The Balaban J connectivity index is 1.44. The molecule has 2 amide bonds. The van der Waals surface area contributed by atoms with Gasteiger partial charge in [0.2, 0.25) is 11.8 Å². The van der Waals surface area contributed by atoms with Crippen LogP contribution < -0.4 is 10.2 Å². The van der Waals surface area contributed by atoms with E-state index in [1.165, 1.54) is 17.4 Å². The lowest BCUT2D eigenvalue weighted by Gasteiger charge is -2.35. The molecule has 4 aliphatic rings. The van der Waals surface area contributed by atoms with E-state index in [-0.39, 0.29) is 47.2 Å². The molecule has 7 nitrogen and oxygen atoms in total. The number of nitrogens with one attached hydrogen (secondary N) is 1. The van der Waals surface area contributed by atoms with E-state index in [4.69, 9.17) is 0 Å². The fourth-order valence-electron chi connectivity index (χ4n) is 6.07. The van der Waals surface area contributed by atoms with Crippen LogP contribution in [0.5, 0.6) is 0 Å². The highest BCUT2D eigenvalue weighted by molar-refractivity contribution is 6.23. The van der Waals surface area contributed by atoms with Crippen LogP contribution >= 0.6 is 0 Å². The number of nitro benzene ring substituents is 1. The molecular formula is C23H27N3O4. The van der Waals surface area contributed by atoms with Gasteiger partial charge in [0.25, 0.3) is 5.69 Å². The van der Waals surface area contributed by atoms with Gasteiger partial charge >= 0.3 is 0 Å². The largest absolute Gasteiger partial charge is 0.376 e. The van der Waals surface area contributed by atoms with Gasteiger partial charge in [-0.05, 0) is 48.6 Å². The molecule has 3 fully saturated rings. The molecule has 2 saturated carbocycles. The van der Waals surface area contributed by atoms with Crippen LogP contribution in [0.2, 0.25) is 0 Å². The third kappa shape index (κ3) is 2.78. The Morgan fingerprint density at radius 2 is 1.73 bits per heavy atom. The quantitative estimate of drug-likeness (QED) is 0.349. The highest BCUT2D eigenvalue weighted by Crippen LogP contribution is 2.53. The van der Waals surface area contributed by atoms with E-state index >= 15 is 0 Å². The van der Waals surface area contributed by atoms with Gasteiger partial charge in [-0.2, -0.15) is 0 Å². The van der Waals surface area contributed by atoms with Crippen LogP contribution in [0.1, 0.15) is 39.5 Å². The van der Waals surface area contributed by atoms with Crippen LogP contribution in [-0.4, -0.2) is 22.8 Å². The first kappa shape index (κ1) is 19.3. The minimum Gasteiger partial charge on any atom is -0.376 e. The predicted molar refractivity (Wildman–Crippen MR) is 113 cm³/mol. The van der Waals surface area contributed by atoms with E-state index < -0.39 is 4.92 Å². The van der Waals surface area contributed by atoms with E-state index in [9.17, 15) is 19.7 Å². The number of hydrogen-bond donors (Lipinski definition) is 1. The zero-order chi connectivity index (χ0) is 21.2. The summed E-state index contributed by atoms with van der Waals surface area (Å²) in [7, 11) is 0. The standard InChI is InChI=1S/C23H27N3O4/c1-12-4-3-5-17(13(12)2)24-18-9-8-16(11-19(18)26(29)30)25-22(27)20-14-6-7-15(10-14)21(20)23(25)28/h6-9,11-15,17,20-21,24H,3-5,10H2,1-2H3/t12-,13+,14+,15+,17+,20-,21-/m1/s1. The summed E-state index contributed by atoms with van der Waals surface area (Å²) >= 11 is 0. The van der Waals surface area contributed by atoms with Crippen molar-refractivity contribution in [2.75, 3.05) is 10.2 Å². The Labute approximate surface area is 175 Å². The van der Waals surface area contributed by atoms with Gasteiger partial charge in [-0.3, -0.25) is 19.7 Å². The van der Waals surface area contributed by atoms with Crippen LogP contribution in [0.3, 0.4) is 0 Å². The summed E-state index contributed by atoms with van der Waals surface area (Å²) in [6, 6.07) is 4.87. The number of carbonyl (C=O) groups is 2. The number of anilines is 2. The summed E-state index contributed by atoms with van der Waals surface area (Å²) in [6.07, 6.45) is 8.21. The lowest BCUT2D eigenvalue weighted by atomic mass is 9.78. The van der Waals surface area contributed by atoms with Crippen molar-refractivity contribution in [3.8, 4) is 0 Å². The molecule has 30 heavy (non-hydrogen) atoms. The number of rotatable bonds is 4. The highest BCUT2D eigenvalue weighted by Gasteiger charge is 2.59. The maximum atomic E-state index is 13.0. The average molecular weight is 409 g/mol.